The van der Waals surface area contributed by atoms with Gasteiger partial charge in [0.15, 0.2) is 0 Å². The molecule has 1 saturated heterocycles. The molecule has 2 aromatic rings. The molecular weight excluding hydrogens is 366 g/mol. The van der Waals surface area contributed by atoms with E-state index in [4.69, 9.17) is 14.2 Å². The summed E-state index contributed by atoms with van der Waals surface area (Å²) in [6.07, 6.45) is 4.45. The summed E-state index contributed by atoms with van der Waals surface area (Å²) in [5.41, 5.74) is 1.96. The van der Waals surface area contributed by atoms with Crippen molar-refractivity contribution in [2.45, 2.75) is 32.6 Å². The molecule has 5 heteroatoms. The van der Waals surface area contributed by atoms with Gasteiger partial charge in [-0.3, -0.25) is 4.79 Å². The van der Waals surface area contributed by atoms with Crippen molar-refractivity contribution >= 4 is 5.91 Å². The number of carbonyl (C=O) groups is 1. The lowest BCUT2D eigenvalue weighted by Crippen LogP contribution is -2.36. The van der Waals surface area contributed by atoms with E-state index in [1.807, 2.05) is 66.7 Å². The predicted octanol–water partition coefficient (Wildman–Crippen LogP) is 3.88. The zero-order chi connectivity index (χ0) is 20.5. The first-order valence-corrected chi connectivity index (χ1v) is 9.87. The second kappa shape index (κ2) is 10.2. The van der Waals surface area contributed by atoms with Crippen molar-refractivity contribution in [2.75, 3.05) is 20.3 Å². The Labute approximate surface area is 172 Å². The summed E-state index contributed by atoms with van der Waals surface area (Å²) < 4.78 is 16.8. The molecule has 29 heavy (non-hydrogen) atoms. The van der Waals surface area contributed by atoms with Crippen LogP contribution in [0.4, 0.5) is 0 Å². The highest BCUT2D eigenvalue weighted by Crippen LogP contribution is 2.33. The Morgan fingerprint density at radius 3 is 2.45 bits per heavy atom. The highest BCUT2D eigenvalue weighted by atomic mass is 16.5. The van der Waals surface area contributed by atoms with Gasteiger partial charge in [0.05, 0.1) is 39.6 Å². The number of hydrogen-bond donors (Lipinski definition) is 1. The van der Waals surface area contributed by atoms with Gasteiger partial charge in [-0.15, -0.1) is 0 Å². The minimum atomic E-state index is -0.266. The van der Waals surface area contributed by atoms with Crippen molar-refractivity contribution in [1.82, 2.24) is 5.32 Å². The molecule has 5 nitrogen and oxygen atoms in total. The minimum absolute atomic E-state index is 0.0598. The van der Waals surface area contributed by atoms with Crippen LogP contribution in [0.1, 0.15) is 24.5 Å². The molecule has 1 aliphatic heterocycles. The lowest BCUT2D eigenvalue weighted by atomic mass is 9.83. The average Bonchev–Trinajstić information content (AvgIpc) is 3.02. The fourth-order valence-corrected chi connectivity index (χ4v) is 3.43. The Hall–Kier alpha value is -2.63. The molecule has 0 unspecified atom stereocenters. The van der Waals surface area contributed by atoms with Gasteiger partial charge in [0.2, 0.25) is 5.91 Å². The third-order valence-corrected chi connectivity index (χ3v) is 5.15. The van der Waals surface area contributed by atoms with Crippen molar-refractivity contribution in [1.29, 1.82) is 0 Å². The molecule has 0 radical (unpaired) electrons. The molecule has 0 aliphatic carbocycles. The van der Waals surface area contributed by atoms with Crippen molar-refractivity contribution in [3.63, 3.8) is 0 Å². The number of methoxy groups -OCH3 is 1. The van der Waals surface area contributed by atoms with Crippen molar-refractivity contribution in [3.05, 3.63) is 77.9 Å². The summed E-state index contributed by atoms with van der Waals surface area (Å²) in [4.78, 5) is 12.0. The normalized spacial score (nSPS) is 21.4. The number of benzene rings is 2. The second-order valence-corrected chi connectivity index (χ2v) is 7.65. The maximum absolute atomic E-state index is 12.0. The van der Waals surface area contributed by atoms with Gasteiger partial charge in [0, 0.05) is 11.8 Å². The van der Waals surface area contributed by atoms with E-state index in [9.17, 15) is 4.79 Å². The van der Waals surface area contributed by atoms with Crippen LogP contribution >= 0.6 is 0 Å². The zero-order valence-corrected chi connectivity index (χ0v) is 17.1. The Bertz CT molecular complexity index is 803. The summed E-state index contributed by atoms with van der Waals surface area (Å²) in [6.45, 7) is 4.17. The minimum Gasteiger partial charge on any atom is -0.497 e. The van der Waals surface area contributed by atoms with Crippen LogP contribution in [0.15, 0.2) is 66.7 Å². The summed E-state index contributed by atoms with van der Waals surface area (Å²) in [7, 11) is 1.65. The lowest BCUT2D eigenvalue weighted by Gasteiger charge is -2.27. The topological polar surface area (TPSA) is 56.8 Å². The summed E-state index contributed by atoms with van der Waals surface area (Å²) in [5.74, 6) is 0.893. The molecular formula is C24H29NO4. The molecule has 1 fully saturated rings. The standard InChI is InChI=1S/C24H29NO4/c1-24(18-29-17-19-7-4-3-5-8-19)15-23(26)25-22(24)9-6-14-28-16-20-10-12-21(27-2)13-11-20/h3-13,22H,14-18H2,1-2H3,(H,25,26)/b9-6+/t22-,24-/m0/s1. The first-order chi connectivity index (χ1) is 14.1. The Morgan fingerprint density at radius 1 is 1.03 bits per heavy atom. The fraction of sp³-hybridized carbons (Fsp3) is 0.375. The van der Waals surface area contributed by atoms with Gasteiger partial charge < -0.3 is 19.5 Å². The second-order valence-electron chi connectivity index (χ2n) is 7.65. The van der Waals surface area contributed by atoms with Crippen LogP contribution in [0.5, 0.6) is 5.75 Å². The lowest BCUT2D eigenvalue weighted by molar-refractivity contribution is -0.120. The fourth-order valence-electron chi connectivity index (χ4n) is 3.43. The van der Waals surface area contributed by atoms with Gasteiger partial charge in [-0.05, 0) is 23.3 Å². The summed E-state index contributed by atoms with van der Waals surface area (Å²) >= 11 is 0. The molecule has 1 aliphatic rings. The molecule has 2 aromatic carbocycles. The first-order valence-electron chi connectivity index (χ1n) is 9.87. The molecule has 0 spiro atoms. The quantitative estimate of drug-likeness (QED) is 0.490. The highest BCUT2D eigenvalue weighted by Gasteiger charge is 2.42. The molecule has 154 valence electrons. The van der Waals surface area contributed by atoms with E-state index in [2.05, 4.69) is 12.2 Å². The Morgan fingerprint density at radius 2 is 1.72 bits per heavy atom. The van der Waals surface area contributed by atoms with Crippen molar-refractivity contribution in [2.24, 2.45) is 5.41 Å². The van der Waals surface area contributed by atoms with Crippen LogP contribution in [0, 0.1) is 5.41 Å². The molecule has 2 atom stereocenters. The number of nitrogens with one attached hydrogen (secondary N) is 1. The van der Waals surface area contributed by atoms with E-state index < -0.39 is 0 Å². The van der Waals surface area contributed by atoms with Crippen LogP contribution in [0.2, 0.25) is 0 Å². The molecule has 0 saturated carbocycles. The molecule has 0 bridgehead atoms. The van der Waals surface area contributed by atoms with Gasteiger partial charge in [-0.2, -0.15) is 0 Å². The number of rotatable bonds is 10. The van der Waals surface area contributed by atoms with Gasteiger partial charge in [0.25, 0.3) is 0 Å². The molecule has 1 amide bonds. The largest absolute Gasteiger partial charge is 0.497 e. The van der Waals surface area contributed by atoms with E-state index >= 15 is 0 Å². The molecule has 0 aromatic heterocycles. The predicted molar refractivity (Wildman–Crippen MR) is 113 cm³/mol. The summed E-state index contributed by atoms with van der Waals surface area (Å²) in [6, 6.07) is 17.8. The number of carbonyl (C=O) groups excluding carboxylic acids is 1. The number of ether oxygens (including phenoxy) is 3. The molecule has 3 rings (SSSR count). The van der Waals surface area contributed by atoms with E-state index in [0.29, 0.717) is 32.8 Å². The van der Waals surface area contributed by atoms with Crippen molar-refractivity contribution < 1.29 is 19.0 Å². The van der Waals surface area contributed by atoms with E-state index in [1.165, 1.54) is 0 Å². The average molecular weight is 395 g/mol. The van der Waals surface area contributed by atoms with E-state index in [0.717, 1.165) is 16.9 Å². The van der Waals surface area contributed by atoms with Crippen LogP contribution < -0.4 is 10.1 Å². The highest BCUT2D eigenvalue weighted by molar-refractivity contribution is 5.80. The maximum Gasteiger partial charge on any atom is 0.221 e. The van der Waals surface area contributed by atoms with Gasteiger partial charge in [-0.1, -0.05) is 61.5 Å². The van der Waals surface area contributed by atoms with Crippen LogP contribution in [-0.2, 0) is 27.5 Å². The van der Waals surface area contributed by atoms with Gasteiger partial charge >= 0.3 is 0 Å². The Balaban J connectivity index is 1.45. The van der Waals surface area contributed by atoms with E-state index in [1.54, 1.807) is 7.11 Å². The van der Waals surface area contributed by atoms with E-state index in [-0.39, 0.29) is 17.4 Å². The monoisotopic (exact) mass is 395 g/mol. The van der Waals surface area contributed by atoms with Crippen LogP contribution in [-0.4, -0.2) is 32.3 Å². The summed E-state index contributed by atoms with van der Waals surface area (Å²) in [5, 5.41) is 3.04. The molecule has 1 heterocycles. The number of amides is 1. The van der Waals surface area contributed by atoms with Crippen LogP contribution in [0.3, 0.4) is 0 Å². The van der Waals surface area contributed by atoms with Crippen molar-refractivity contribution in [3.8, 4) is 5.75 Å². The molecule has 1 N–H and O–H groups in total. The first kappa shape index (κ1) is 21.1. The number of hydrogen-bond acceptors (Lipinski definition) is 4. The van der Waals surface area contributed by atoms with Gasteiger partial charge in [0.1, 0.15) is 5.75 Å². The third kappa shape index (κ3) is 6.17. The van der Waals surface area contributed by atoms with Gasteiger partial charge in [-0.25, -0.2) is 0 Å². The maximum atomic E-state index is 12.0. The SMILES string of the molecule is COc1ccc(COC/C=C/[C@@H]2NC(=O)C[C@@]2(C)COCc2ccccc2)cc1. The smallest absolute Gasteiger partial charge is 0.221 e. The third-order valence-electron chi connectivity index (χ3n) is 5.15. The zero-order valence-electron chi connectivity index (χ0n) is 17.1. The Kier molecular flexibility index (Phi) is 7.44. The van der Waals surface area contributed by atoms with Crippen LogP contribution in [0.25, 0.3) is 0 Å².